The fraction of sp³-hybridized carbons (Fsp3) is 0. The molecular weight excluding hydrogens is 612 g/mol. The molecule has 9 rings (SSSR count). The molecule has 0 saturated carbocycles. The van der Waals surface area contributed by atoms with Gasteiger partial charge in [-0.05, 0) is 79.9 Å². The number of hydrogen-bond donors (Lipinski definition) is 0. The van der Waals surface area contributed by atoms with Crippen LogP contribution in [0.15, 0.2) is 168 Å². The second kappa shape index (κ2) is 10.4. The molecule has 0 N–H and O–H groups in total. The smallest absolute Gasteiger partial charge is 0.0656 e. The van der Waals surface area contributed by atoms with Crippen LogP contribution in [0.1, 0.15) is 0 Å². The molecule has 1 heterocycles. The van der Waals surface area contributed by atoms with E-state index < -0.39 is 0 Å². The summed E-state index contributed by atoms with van der Waals surface area (Å²) in [7, 11) is 0. The highest BCUT2D eigenvalue weighted by Gasteiger charge is 2.23. The van der Waals surface area contributed by atoms with Crippen LogP contribution in [0, 0.1) is 0 Å². The monoisotopic (exact) mass is 638 g/mol. The van der Waals surface area contributed by atoms with Gasteiger partial charge in [-0.1, -0.05) is 121 Å². The van der Waals surface area contributed by atoms with Crippen LogP contribution in [0.4, 0.5) is 17.1 Å². The normalized spacial score (nSPS) is 11.7. The molecule has 45 heavy (non-hydrogen) atoms. The van der Waals surface area contributed by atoms with Gasteiger partial charge in [-0.15, -0.1) is 0 Å². The third-order valence-corrected chi connectivity index (χ3v) is 9.81. The molecule has 0 saturated heterocycles. The van der Waals surface area contributed by atoms with Crippen molar-refractivity contribution in [3.8, 4) is 5.69 Å². The van der Waals surface area contributed by atoms with Crippen LogP contribution >= 0.6 is 15.9 Å². The molecule has 0 spiro atoms. The first-order chi connectivity index (χ1) is 22.3. The maximum absolute atomic E-state index is 4.18. The van der Waals surface area contributed by atoms with Crippen LogP contribution in [0.5, 0.6) is 0 Å². The lowest BCUT2D eigenvalue weighted by molar-refractivity contribution is 1.16. The lowest BCUT2D eigenvalue weighted by atomic mass is 10.0. The molecule has 0 aliphatic carbocycles. The Hall–Kier alpha value is -5.38. The zero-order valence-electron chi connectivity index (χ0n) is 24.4. The van der Waals surface area contributed by atoms with E-state index >= 15 is 0 Å². The van der Waals surface area contributed by atoms with E-state index in [0.717, 1.165) is 27.2 Å². The molecular formula is C42H27BrN2. The Kier molecular flexibility index (Phi) is 6.00. The van der Waals surface area contributed by atoms with E-state index in [4.69, 9.17) is 0 Å². The molecule has 0 bridgehead atoms. The molecule has 0 aliphatic heterocycles. The average Bonchev–Trinajstić information content (AvgIpc) is 3.41. The first-order valence-corrected chi connectivity index (χ1v) is 16.0. The number of benzene rings is 8. The first-order valence-electron chi connectivity index (χ1n) is 15.2. The van der Waals surface area contributed by atoms with Gasteiger partial charge in [0, 0.05) is 21.5 Å². The average molecular weight is 640 g/mol. The largest absolute Gasteiger partial charge is 0.308 e. The number of rotatable bonds is 4. The van der Waals surface area contributed by atoms with Gasteiger partial charge >= 0.3 is 0 Å². The van der Waals surface area contributed by atoms with Gasteiger partial charge in [0.2, 0.25) is 0 Å². The number of fused-ring (bicyclic) bond motifs is 6. The second-order valence-electron chi connectivity index (χ2n) is 11.5. The topological polar surface area (TPSA) is 8.17 Å². The summed E-state index contributed by atoms with van der Waals surface area (Å²) < 4.78 is 3.44. The predicted molar refractivity (Wildman–Crippen MR) is 196 cm³/mol. The van der Waals surface area contributed by atoms with Crippen molar-refractivity contribution in [2.45, 2.75) is 0 Å². The summed E-state index contributed by atoms with van der Waals surface area (Å²) in [5.74, 6) is 0. The first kappa shape index (κ1) is 26.1. The third-order valence-electron chi connectivity index (χ3n) is 8.99. The lowest BCUT2D eigenvalue weighted by Crippen LogP contribution is -2.12. The number of halogens is 1. The summed E-state index contributed by atoms with van der Waals surface area (Å²) in [6.07, 6.45) is 0. The third kappa shape index (κ3) is 4.08. The summed E-state index contributed by atoms with van der Waals surface area (Å²) in [4.78, 5) is 2.42. The van der Waals surface area contributed by atoms with Crippen molar-refractivity contribution >= 4 is 87.1 Å². The molecule has 0 aliphatic rings. The summed E-state index contributed by atoms with van der Waals surface area (Å²) >= 11 is 4.18. The number of anilines is 3. The Morgan fingerprint density at radius 3 is 1.53 bits per heavy atom. The molecule has 212 valence electrons. The Labute approximate surface area is 269 Å². The summed E-state index contributed by atoms with van der Waals surface area (Å²) in [5.41, 5.74) is 6.81. The van der Waals surface area contributed by atoms with Crippen molar-refractivity contribution in [3.63, 3.8) is 0 Å². The maximum atomic E-state index is 4.18. The zero-order chi connectivity index (χ0) is 29.9. The molecule has 0 atom stereocenters. The molecule has 8 aromatic carbocycles. The molecule has 0 unspecified atom stereocenters. The van der Waals surface area contributed by atoms with Crippen molar-refractivity contribution in [1.29, 1.82) is 0 Å². The Morgan fingerprint density at radius 2 is 0.867 bits per heavy atom. The highest BCUT2D eigenvalue weighted by Crippen LogP contribution is 2.47. The predicted octanol–water partition coefficient (Wildman–Crippen LogP) is 12.5. The number of aromatic nitrogens is 1. The minimum Gasteiger partial charge on any atom is -0.308 e. The van der Waals surface area contributed by atoms with Crippen LogP contribution in [0.3, 0.4) is 0 Å². The number of hydrogen-bond acceptors (Lipinski definition) is 1. The fourth-order valence-electron chi connectivity index (χ4n) is 6.96. The minimum absolute atomic E-state index is 1.03. The van der Waals surface area contributed by atoms with E-state index in [0.29, 0.717) is 0 Å². The fourth-order valence-corrected chi connectivity index (χ4v) is 7.58. The van der Waals surface area contributed by atoms with Crippen LogP contribution in [-0.4, -0.2) is 4.57 Å². The Balaban J connectivity index is 1.37. The van der Waals surface area contributed by atoms with Crippen molar-refractivity contribution in [2.24, 2.45) is 0 Å². The van der Waals surface area contributed by atoms with Crippen LogP contribution < -0.4 is 4.90 Å². The quantitative estimate of drug-likeness (QED) is 0.186. The molecule has 2 nitrogen and oxygen atoms in total. The Bertz CT molecular complexity index is 2490. The standard InChI is InChI=1S/C42H27BrN2/c43-42-39(44(36-22-9-16-28-12-3-5-18-32(28)36)37-23-10-17-29-13-4-6-19-33(29)37)24-11-25-40(42)45-38-21-8-7-20-34(38)35-26-30-14-1-2-15-31(30)27-41(35)45/h1-27H. The summed E-state index contributed by atoms with van der Waals surface area (Å²) in [6.45, 7) is 0. The molecule has 0 radical (unpaired) electrons. The SMILES string of the molecule is Brc1c(N(c2cccc3ccccc23)c2cccc3ccccc23)cccc1-n1c2ccccc2c2cc3ccccc3cc21. The van der Waals surface area contributed by atoms with Crippen molar-refractivity contribution in [2.75, 3.05) is 4.90 Å². The van der Waals surface area contributed by atoms with E-state index in [-0.39, 0.29) is 0 Å². The number of para-hydroxylation sites is 1. The molecule has 9 aromatic rings. The van der Waals surface area contributed by atoms with Crippen LogP contribution in [0.2, 0.25) is 0 Å². The van der Waals surface area contributed by atoms with Gasteiger partial charge in [-0.3, -0.25) is 0 Å². The van der Waals surface area contributed by atoms with Crippen LogP contribution in [-0.2, 0) is 0 Å². The van der Waals surface area contributed by atoms with Gasteiger partial charge in [-0.25, -0.2) is 0 Å². The molecule has 1 aromatic heterocycles. The zero-order valence-corrected chi connectivity index (χ0v) is 25.9. The van der Waals surface area contributed by atoms with E-state index in [1.54, 1.807) is 0 Å². The van der Waals surface area contributed by atoms with E-state index in [1.807, 2.05) is 0 Å². The summed E-state index contributed by atoms with van der Waals surface area (Å²) in [6, 6.07) is 59.1. The molecule has 0 amide bonds. The maximum Gasteiger partial charge on any atom is 0.0656 e. The number of nitrogens with zero attached hydrogens (tertiary/aromatic N) is 2. The second-order valence-corrected chi connectivity index (χ2v) is 12.3. The van der Waals surface area contributed by atoms with Gasteiger partial charge < -0.3 is 9.47 Å². The van der Waals surface area contributed by atoms with Crippen LogP contribution in [0.25, 0.3) is 59.8 Å². The van der Waals surface area contributed by atoms with Gasteiger partial charge in [-0.2, -0.15) is 0 Å². The highest BCUT2D eigenvalue weighted by molar-refractivity contribution is 9.10. The van der Waals surface area contributed by atoms with Crippen molar-refractivity contribution in [1.82, 2.24) is 4.57 Å². The minimum atomic E-state index is 1.03. The lowest BCUT2D eigenvalue weighted by Gasteiger charge is -2.30. The summed E-state index contributed by atoms with van der Waals surface area (Å²) in [5, 5.41) is 9.80. The van der Waals surface area contributed by atoms with Gasteiger partial charge in [0.25, 0.3) is 0 Å². The van der Waals surface area contributed by atoms with Crippen molar-refractivity contribution < 1.29 is 0 Å². The molecule has 3 heteroatoms. The highest BCUT2D eigenvalue weighted by atomic mass is 79.9. The van der Waals surface area contributed by atoms with Crippen molar-refractivity contribution in [3.05, 3.63) is 168 Å². The van der Waals surface area contributed by atoms with Gasteiger partial charge in [0.15, 0.2) is 0 Å². The van der Waals surface area contributed by atoms with Gasteiger partial charge in [0.05, 0.1) is 38.3 Å². The van der Waals surface area contributed by atoms with E-state index in [2.05, 4.69) is 189 Å². The van der Waals surface area contributed by atoms with E-state index in [1.165, 1.54) is 54.1 Å². The Morgan fingerprint density at radius 1 is 0.378 bits per heavy atom. The van der Waals surface area contributed by atoms with E-state index in [9.17, 15) is 0 Å². The molecule has 0 fully saturated rings. The van der Waals surface area contributed by atoms with Gasteiger partial charge in [0.1, 0.15) is 0 Å².